The van der Waals surface area contributed by atoms with E-state index in [0.29, 0.717) is 18.3 Å². The number of hydrogen-bond acceptors (Lipinski definition) is 2. The highest BCUT2D eigenvalue weighted by Crippen LogP contribution is 2.62. The first-order valence-corrected chi connectivity index (χ1v) is 8.58. The number of hydrogen-bond donors (Lipinski definition) is 1. The monoisotopic (exact) mass is 333 g/mol. The summed E-state index contributed by atoms with van der Waals surface area (Å²) in [5, 5.41) is 10.7. The second kappa shape index (κ2) is 5.36. The zero-order valence-electron chi connectivity index (χ0n) is 13.8. The Hall–Kier alpha value is -0.780. The van der Waals surface area contributed by atoms with Gasteiger partial charge in [-0.2, -0.15) is 13.2 Å². The summed E-state index contributed by atoms with van der Waals surface area (Å²) in [6.07, 6.45) is 0.832. The van der Waals surface area contributed by atoms with Crippen LogP contribution >= 0.6 is 0 Å². The van der Waals surface area contributed by atoms with E-state index in [-0.39, 0.29) is 11.8 Å². The molecule has 4 rings (SSSR count). The predicted molar refractivity (Wildman–Crippen MR) is 79.6 cm³/mol. The highest BCUT2D eigenvalue weighted by Gasteiger charge is 2.57. The number of halogens is 3. The van der Waals surface area contributed by atoms with Crippen LogP contribution < -0.4 is 0 Å². The molecule has 4 aliphatic carbocycles. The summed E-state index contributed by atoms with van der Waals surface area (Å²) in [4.78, 5) is 13.5. The van der Waals surface area contributed by atoms with Crippen LogP contribution in [0.4, 0.5) is 13.2 Å². The number of carbonyl (C=O) groups is 1. The molecule has 0 aromatic carbocycles. The Labute approximate surface area is 135 Å². The van der Waals surface area contributed by atoms with Gasteiger partial charge in [-0.15, -0.1) is 0 Å². The predicted octanol–water partition coefficient (Wildman–Crippen LogP) is 3.51. The molecule has 4 saturated carbocycles. The quantitative estimate of drug-likeness (QED) is 0.855. The van der Waals surface area contributed by atoms with E-state index in [1.165, 1.54) is 0 Å². The van der Waals surface area contributed by atoms with Crippen molar-refractivity contribution in [3.05, 3.63) is 0 Å². The molecule has 6 heteroatoms. The Kier molecular flexibility index (Phi) is 3.98. The van der Waals surface area contributed by atoms with E-state index in [2.05, 4.69) is 0 Å². The maximum atomic E-state index is 12.8. The van der Waals surface area contributed by atoms with Crippen LogP contribution in [0.25, 0.3) is 0 Å². The van der Waals surface area contributed by atoms with Crippen LogP contribution in [0.15, 0.2) is 0 Å². The van der Waals surface area contributed by atoms with Crippen LogP contribution in [0.3, 0.4) is 0 Å². The summed E-state index contributed by atoms with van der Waals surface area (Å²) in [5.41, 5.74) is -0.967. The van der Waals surface area contributed by atoms with Gasteiger partial charge in [-0.05, 0) is 69.6 Å². The minimum atomic E-state index is -4.38. The van der Waals surface area contributed by atoms with Gasteiger partial charge >= 0.3 is 6.18 Å². The molecule has 2 atom stereocenters. The lowest BCUT2D eigenvalue weighted by Crippen LogP contribution is -2.57. The lowest BCUT2D eigenvalue weighted by molar-refractivity contribution is -0.181. The summed E-state index contributed by atoms with van der Waals surface area (Å²) in [6, 6.07) is -0.471. The van der Waals surface area contributed by atoms with Crippen molar-refractivity contribution in [3.63, 3.8) is 0 Å². The lowest BCUT2D eigenvalue weighted by atomic mass is 9.47. The van der Waals surface area contributed by atoms with E-state index in [9.17, 15) is 23.1 Å². The molecule has 4 fully saturated rings. The Morgan fingerprint density at radius 2 is 1.78 bits per heavy atom. The van der Waals surface area contributed by atoms with Gasteiger partial charge in [-0.25, -0.2) is 0 Å². The van der Waals surface area contributed by atoms with Gasteiger partial charge in [0.15, 0.2) is 0 Å². The highest BCUT2D eigenvalue weighted by molar-refractivity contribution is 5.77. The number of rotatable bonds is 4. The third-order valence-electron chi connectivity index (χ3n) is 5.97. The first-order valence-electron chi connectivity index (χ1n) is 8.58. The Morgan fingerprint density at radius 3 is 2.22 bits per heavy atom. The normalized spacial score (nSPS) is 39.1. The minimum absolute atomic E-state index is 0.149. The molecule has 4 aliphatic rings. The topological polar surface area (TPSA) is 40.5 Å². The van der Waals surface area contributed by atoms with Gasteiger partial charge < -0.3 is 10.0 Å². The van der Waals surface area contributed by atoms with Crippen molar-refractivity contribution in [3.8, 4) is 0 Å². The van der Waals surface area contributed by atoms with Crippen molar-refractivity contribution in [2.24, 2.45) is 17.3 Å². The number of alkyl halides is 3. The molecule has 4 bridgehead atoms. The number of amides is 1. The zero-order valence-corrected chi connectivity index (χ0v) is 13.8. The molecule has 0 aromatic rings. The fourth-order valence-electron chi connectivity index (χ4n) is 5.78. The number of nitrogens with zero attached hydrogens (tertiary/aromatic N) is 1. The molecule has 0 spiro atoms. The molecule has 0 unspecified atom stereocenters. The van der Waals surface area contributed by atoms with E-state index < -0.39 is 30.3 Å². The second-order valence-electron chi connectivity index (χ2n) is 8.59. The van der Waals surface area contributed by atoms with E-state index in [0.717, 1.165) is 37.0 Å². The van der Waals surface area contributed by atoms with Gasteiger partial charge in [-0.3, -0.25) is 4.79 Å². The van der Waals surface area contributed by atoms with Gasteiger partial charge in [0.2, 0.25) is 5.91 Å². The number of carbonyl (C=O) groups excluding carboxylic acids is 1. The molecule has 0 aromatic heterocycles. The summed E-state index contributed by atoms with van der Waals surface area (Å²) in [6.45, 7) is 2.06. The zero-order chi connectivity index (χ0) is 17.0. The largest absolute Gasteiger partial charge is 0.406 e. The molecule has 1 amide bonds. The smallest absolute Gasteiger partial charge is 0.390 e. The molecule has 3 nitrogen and oxygen atoms in total. The van der Waals surface area contributed by atoms with Crippen molar-refractivity contribution < 1.29 is 23.1 Å². The average Bonchev–Trinajstić information content (AvgIpc) is 2.30. The summed E-state index contributed by atoms with van der Waals surface area (Å²) in [5.74, 6) is 0.455. The molecule has 0 radical (unpaired) electrons. The van der Waals surface area contributed by atoms with Gasteiger partial charge in [-0.1, -0.05) is 0 Å². The second-order valence-corrected chi connectivity index (χ2v) is 8.59. The van der Waals surface area contributed by atoms with Crippen molar-refractivity contribution in [1.82, 2.24) is 4.90 Å². The van der Waals surface area contributed by atoms with E-state index in [4.69, 9.17) is 0 Å². The molecule has 1 N–H and O–H groups in total. The molecule has 132 valence electrons. The Balaban J connectivity index is 1.74. The highest BCUT2D eigenvalue weighted by atomic mass is 19.4. The molecular weight excluding hydrogens is 307 g/mol. The van der Waals surface area contributed by atoms with Crippen LogP contribution in [0.1, 0.15) is 58.8 Å². The Morgan fingerprint density at radius 1 is 1.22 bits per heavy atom. The maximum Gasteiger partial charge on any atom is 0.406 e. The summed E-state index contributed by atoms with van der Waals surface area (Å²) >= 11 is 0. The first-order chi connectivity index (χ1) is 10.5. The third kappa shape index (κ3) is 3.52. The van der Waals surface area contributed by atoms with Crippen LogP contribution in [0.5, 0.6) is 0 Å². The number of aliphatic hydroxyl groups is 1. The fourth-order valence-corrected chi connectivity index (χ4v) is 5.78. The van der Waals surface area contributed by atoms with Crippen molar-refractivity contribution in [1.29, 1.82) is 0 Å². The first kappa shape index (κ1) is 17.1. The lowest BCUT2D eigenvalue weighted by Gasteiger charge is -2.60. The Bertz CT molecular complexity index is 475. The fraction of sp³-hybridized carbons (Fsp3) is 0.941. The van der Waals surface area contributed by atoms with Crippen LogP contribution in [-0.2, 0) is 4.79 Å². The minimum Gasteiger partial charge on any atom is -0.390 e. The van der Waals surface area contributed by atoms with E-state index in [1.807, 2.05) is 0 Å². The van der Waals surface area contributed by atoms with Crippen LogP contribution in [0, 0.1) is 17.3 Å². The third-order valence-corrected chi connectivity index (χ3v) is 5.97. The molecule has 0 aliphatic heterocycles. The molecular formula is C17H26F3NO2. The van der Waals surface area contributed by atoms with E-state index >= 15 is 0 Å². The van der Waals surface area contributed by atoms with Crippen molar-refractivity contribution in [2.45, 2.75) is 76.6 Å². The molecule has 0 saturated heterocycles. The van der Waals surface area contributed by atoms with Crippen molar-refractivity contribution >= 4 is 5.91 Å². The summed E-state index contributed by atoms with van der Waals surface area (Å²) in [7, 11) is 0. The average molecular weight is 333 g/mol. The van der Waals surface area contributed by atoms with E-state index in [1.54, 1.807) is 13.8 Å². The van der Waals surface area contributed by atoms with Gasteiger partial charge in [0.1, 0.15) is 6.54 Å². The van der Waals surface area contributed by atoms with Gasteiger partial charge in [0.25, 0.3) is 0 Å². The SMILES string of the molecule is CC(C)N(CC(F)(F)F)C(=O)CC12C[C@H]3C[C@@H](CC(O)(C3)C1)C2. The van der Waals surface area contributed by atoms with Gasteiger partial charge in [0.05, 0.1) is 5.60 Å². The van der Waals surface area contributed by atoms with Crippen LogP contribution in [0.2, 0.25) is 0 Å². The maximum absolute atomic E-state index is 12.8. The van der Waals surface area contributed by atoms with Crippen LogP contribution in [-0.4, -0.2) is 40.3 Å². The van der Waals surface area contributed by atoms with Crippen molar-refractivity contribution in [2.75, 3.05) is 6.54 Å². The molecule has 0 heterocycles. The summed E-state index contributed by atoms with van der Waals surface area (Å²) < 4.78 is 38.3. The van der Waals surface area contributed by atoms with Gasteiger partial charge in [0, 0.05) is 12.5 Å². The molecule has 23 heavy (non-hydrogen) atoms. The standard InChI is InChI=1S/C17H26F3NO2/c1-11(2)21(10-17(18,19)20)14(22)8-15-4-12-3-13(5-15)7-16(23,6-12)9-15/h11-13,23H,3-10H2,1-2H3/t12-,13-,15?,16?/m1/s1.